The van der Waals surface area contributed by atoms with E-state index in [-0.39, 0.29) is 11.4 Å². The van der Waals surface area contributed by atoms with Crippen molar-refractivity contribution in [3.8, 4) is 0 Å². The van der Waals surface area contributed by atoms with E-state index < -0.39 is 0 Å². The lowest BCUT2D eigenvalue weighted by atomic mass is 9.79. The van der Waals surface area contributed by atoms with Crippen molar-refractivity contribution in [2.45, 2.75) is 51.0 Å². The summed E-state index contributed by atoms with van der Waals surface area (Å²) in [5, 5.41) is 6.68. The quantitative estimate of drug-likeness (QED) is 0.734. The molecule has 1 fully saturated rings. The fraction of sp³-hybridized carbons (Fsp3) is 0.533. The van der Waals surface area contributed by atoms with Crippen LogP contribution >= 0.6 is 0 Å². The van der Waals surface area contributed by atoms with Crippen LogP contribution in [-0.2, 0) is 4.79 Å². The van der Waals surface area contributed by atoms with Crippen LogP contribution in [0.5, 0.6) is 0 Å². The molecule has 2 N–H and O–H groups in total. The molecule has 0 atom stereocenters. The van der Waals surface area contributed by atoms with E-state index >= 15 is 0 Å². The topological polar surface area (TPSA) is 41.1 Å². The van der Waals surface area contributed by atoms with E-state index in [2.05, 4.69) is 23.6 Å². The van der Waals surface area contributed by atoms with Crippen LogP contribution in [0.2, 0.25) is 0 Å². The Balaban J connectivity index is 1.98. The summed E-state index contributed by atoms with van der Waals surface area (Å²) in [6.07, 6.45) is 6.55. The Kier molecular flexibility index (Phi) is 2.77. The van der Waals surface area contributed by atoms with Gasteiger partial charge in [0.1, 0.15) is 0 Å². The van der Waals surface area contributed by atoms with Gasteiger partial charge in [0.05, 0.1) is 11.4 Å². The normalized spacial score (nSPS) is 21.7. The molecular weight excluding hydrogens is 224 g/mol. The van der Waals surface area contributed by atoms with Gasteiger partial charge >= 0.3 is 0 Å². The second kappa shape index (κ2) is 4.30. The lowest BCUT2D eigenvalue weighted by Gasteiger charge is -2.37. The molecule has 96 valence electrons. The molecular formula is C15H20N2O. The van der Waals surface area contributed by atoms with E-state index in [0.717, 1.165) is 24.2 Å². The van der Waals surface area contributed by atoms with Gasteiger partial charge in [0.25, 0.3) is 0 Å². The Bertz CT molecular complexity index is 475. The maximum absolute atomic E-state index is 12.1. The Hall–Kier alpha value is -1.51. The van der Waals surface area contributed by atoms with Gasteiger partial charge in [0.2, 0.25) is 5.91 Å². The van der Waals surface area contributed by atoms with E-state index in [0.29, 0.717) is 6.42 Å². The van der Waals surface area contributed by atoms with Crippen molar-refractivity contribution in [1.82, 2.24) is 0 Å². The monoisotopic (exact) mass is 244 g/mol. The van der Waals surface area contributed by atoms with Crippen LogP contribution in [0.3, 0.4) is 0 Å². The number of hydrogen-bond acceptors (Lipinski definition) is 2. The molecule has 3 heteroatoms. The fourth-order valence-electron chi connectivity index (χ4n) is 3.23. The zero-order valence-electron chi connectivity index (χ0n) is 10.9. The predicted octanol–water partition coefficient (Wildman–Crippen LogP) is 3.45. The minimum atomic E-state index is -0.0125. The highest BCUT2D eigenvalue weighted by Gasteiger charge is 2.36. The number of fused-ring (bicyclic) bond motifs is 1. The number of rotatable bonds is 0. The minimum Gasteiger partial charge on any atom is -0.377 e. The highest BCUT2D eigenvalue weighted by molar-refractivity contribution is 5.97. The number of carbonyl (C=O) groups is 1. The standard InChI is InChI=1S/C15H20N2O/c1-11-5-6-12-13(9-11)17-15(10-14(18)16-12)7-3-2-4-8-15/h5-6,9,17H,2-4,7-8,10H2,1H3,(H,16,18). The van der Waals surface area contributed by atoms with Gasteiger partial charge in [-0.15, -0.1) is 0 Å². The van der Waals surface area contributed by atoms with Gasteiger partial charge in [-0.25, -0.2) is 0 Å². The van der Waals surface area contributed by atoms with E-state index in [1.165, 1.54) is 24.8 Å². The Morgan fingerprint density at radius 2 is 1.89 bits per heavy atom. The van der Waals surface area contributed by atoms with Gasteiger partial charge in [-0.2, -0.15) is 0 Å². The maximum atomic E-state index is 12.1. The summed E-state index contributed by atoms with van der Waals surface area (Å²) >= 11 is 0. The number of carbonyl (C=O) groups excluding carboxylic acids is 1. The molecule has 18 heavy (non-hydrogen) atoms. The fourth-order valence-corrected chi connectivity index (χ4v) is 3.23. The van der Waals surface area contributed by atoms with Crippen molar-refractivity contribution in [3.05, 3.63) is 23.8 Å². The van der Waals surface area contributed by atoms with Crippen LogP contribution in [0.15, 0.2) is 18.2 Å². The smallest absolute Gasteiger partial charge is 0.226 e. The van der Waals surface area contributed by atoms with Crippen molar-refractivity contribution in [2.75, 3.05) is 10.6 Å². The second-order valence-corrected chi connectivity index (χ2v) is 5.74. The summed E-state index contributed by atoms with van der Waals surface area (Å²) in [6.45, 7) is 2.09. The number of benzene rings is 1. The molecule has 3 rings (SSSR count). The maximum Gasteiger partial charge on any atom is 0.226 e. The molecule has 1 saturated carbocycles. The molecule has 2 aliphatic rings. The van der Waals surface area contributed by atoms with Gasteiger partial charge in [-0.05, 0) is 37.5 Å². The lowest BCUT2D eigenvalue weighted by molar-refractivity contribution is -0.117. The molecule has 0 radical (unpaired) electrons. The third-order valence-corrected chi connectivity index (χ3v) is 4.16. The van der Waals surface area contributed by atoms with E-state index in [1.54, 1.807) is 0 Å². The molecule has 0 aromatic heterocycles. The van der Waals surface area contributed by atoms with Crippen molar-refractivity contribution in [2.24, 2.45) is 0 Å². The number of aryl methyl sites for hydroxylation is 1. The van der Waals surface area contributed by atoms with Gasteiger partial charge in [0.15, 0.2) is 0 Å². The molecule has 0 saturated heterocycles. The Morgan fingerprint density at radius 1 is 1.11 bits per heavy atom. The van der Waals surface area contributed by atoms with Gasteiger partial charge in [-0.3, -0.25) is 4.79 Å². The number of anilines is 2. The van der Waals surface area contributed by atoms with Crippen LogP contribution < -0.4 is 10.6 Å². The van der Waals surface area contributed by atoms with E-state index in [9.17, 15) is 4.79 Å². The molecule has 1 amide bonds. The molecule has 3 nitrogen and oxygen atoms in total. The van der Waals surface area contributed by atoms with E-state index in [4.69, 9.17) is 0 Å². The highest BCUT2D eigenvalue weighted by atomic mass is 16.1. The summed E-state index contributed by atoms with van der Waals surface area (Å²) in [6, 6.07) is 6.17. The van der Waals surface area contributed by atoms with Gasteiger partial charge in [0, 0.05) is 12.0 Å². The Morgan fingerprint density at radius 3 is 2.67 bits per heavy atom. The first kappa shape index (κ1) is 11.6. The van der Waals surface area contributed by atoms with Crippen LogP contribution in [0.25, 0.3) is 0 Å². The summed E-state index contributed by atoms with van der Waals surface area (Å²) in [7, 11) is 0. The molecule has 0 unspecified atom stereocenters. The SMILES string of the molecule is Cc1ccc2c(c1)NC1(CCCCC1)CC(=O)N2. The first-order valence-corrected chi connectivity index (χ1v) is 6.86. The first-order chi connectivity index (χ1) is 8.67. The third kappa shape index (κ3) is 2.09. The second-order valence-electron chi connectivity index (χ2n) is 5.74. The number of hydrogen-bond donors (Lipinski definition) is 2. The van der Waals surface area contributed by atoms with Crippen molar-refractivity contribution < 1.29 is 4.79 Å². The number of nitrogens with one attached hydrogen (secondary N) is 2. The predicted molar refractivity (Wildman–Crippen MR) is 73.9 cm³/mol. The molecule has 1 spiro atoms. The zero-order valence-corrected chi connectivity index (χ0v) is 10.9. The van der Waals surface area contributed by atoms with Crippen LogP contribution in [-0.4, -0.2) is 11.4 Å². The van der Waals surface area contributed by atoms with Crippen molar-refractivity contribution >= 4 is 17.3 Å². The number of amides is 1. The Labute approximate surface area is 108 Å². The molecule has 1 aliphatic heterocycles. The van der Waals surface area contributed by atoms with Crippen molar-refractivity contribution in [3.63, 3.8) is 0 Å². The summed E-state index contributed by atoms with van der Waals surface area (Å²) in [5.41, 5.74) is 3.22. The molecule has 1 heterocycles. The lowest BCUT2D eigenvalue weighted by Crippen LogP contribution is -2.41. The average Bonchev–Trinajstić information content (AvgIpc) is 2.45. The minimum absolute atomic E-state index is 0.0125. The van der Waals surface area contributed by atoms with Gasteiger partial charge in [-0.1, -0.05) is 25.3 Å². The molecule has 1 aliphatic carbocycles. The molecule has 1 aromatic carbocycles. The third-order valence-electron chi connectivity index (χ3n) is 4.16. The highest BCUT2D eigenvalue weighted by Crippen LogP contribution is 2.39. The molecule has 0 bridgehead atoms. The van der Waals surface area contributed by atoms with Crippen LogP contribution in [0.1, 0.15) is 44.1 Å². The van der Waals surface area contributed by atoms with E-state index in [1.807, 2.05) is 12.1 Å². The largest absolute Gasteiger partial charge is 0.377 e. The molecule has 1 aromatic rings. The van der Waals surface area contributed by atoms with Crippen LogP contribution in [0, 0.1) is 6.92 Å². The summed E-state index contributed by atoms with van der Waals surface area (Å²) < 4.78 is 0. The first-order valence-electron chi connectivity index (χ1n) is 6.86. The van der Waals surface area contributed by atoms with Crippen LogP contribution in [0.4, 0.5) is 11.4 Å². The van der Waals surface area contributed by atoms with Gasteiger partial charge < -0.3 is 10.6 Å². The average molecular weight is 244 g/mol. The summed E-state index contributed by atoms with van der Waals surface area (Å²) in [5.74, 6) is 0.145. The van der Waals surface area contributed by atoms with Crippen molar-refractivity contribution in [1.29, 1.82) is 0 Å². The summed E-state index contributed by atoms with van der Waals surface area (Å²) in [4.78, 5) is 12.1. The zero-order chi connectivity index (χ0) is 12.6.